The zero-order valence-electron chi connectivity index (χ0n) is 9.01. The van der Waals surface area contributed by atoms with Crippen molar-refractivity contribution in [2.75, 3.05) is 5.32 Å². The Morgan fingerprint density at radius 2 is 2.06 bits per heavy atom. The van der Waals surface area contributed by atoms with Crippen LogP contribution >= 0.6 is 43.2 Å². The van der Waals surface area contributed by atoms with Gasteiger partial charge in [-0.15, -0.1) is 11.3 Å². The second kappa shape index (κ2) is 5.50. The summed E-state index contributed by atoms with van der Waals surface area (Å²) >= 11 is 8.46. The van der Waals surface area contributed by atoms with Crippen molar-refractivity contribution in [3.63, 3.8) is 0 Å². The summed E-state index contributed by atoms with van der Waals surface area (Å²) < 4.78 is 15.5. The van der Waals surface area contributed by atoms with E-state index in [2.05, 4.69) is 37.2 Å². The van der Waals surface area contributed by atoms with Gasteiger partial charge in [0.1, 0.15) is 5.82 Å². The second-order valence-electron chi connectivity index (χ2n) is 3.62. The Bertz CT molecular complexity index is 527. The molecule has 0 aliphatic heterocycles. The van der Waals surface area contributed by atoms with E-state index in [-0.39, 0.29) is 11.9 Å². The van der Waals surface area contributed by atoms with Crippen molar-refractivity contribution in [1.29, 1.82) is 0 Å². The number of hydrogen-bond acceptors (Lipinski definition) is 2. The smallest absolute Gasteiger partial charge is 0.146 e. The van der Waals surface area contributed by atoms with Crippen molar-refractivity contribution in [3.8, 4) is 0 Å². The summed E-state index contributed by atoms with van der Waals surface area (Å²) in [5, 5.41) is 5.18. The zero-order valence-corrected chi connectivity index (χ0v) is 13.0. The second-order valence-corrected chi connectivity index (χ2v) is 6.34. The summed E-state index contributed by atoms with van der Waals surface area (Å²) in [6.07, 6.45) is 0. The van der Waals surface area contributed by atoms with Crippen LogP contribution in [-0.4, -0.2) is 0 Å². The first-order chi connectivity index (χ1) is 8.08. The number of anilines is 1. The molecule has 1 N–H and O–H groups in total. The number of nitrogens with one attached hydrogen (secondary N) is 1. The third kappa shape index (κ3) is 3.09. The highest BCUT2D eigenvalue weighted by molar-refractivity contribution is 9.10. The molecule has 2 aromatic rings. The highest BCUT2D eigenvalue weighted by atomic mass is 79.9. The summed E-state index contributed by atoms with van der Waals surface area (Å²) in [7, 11) is 0. The molecule has 1 aromatic heterocycles. The Kier molecular flexibility index (Phi) is 4.22. The van der Waals surface area contributed by atoms with E-state index < -0.39 is 0 Å². The first kappa shape index (κ1) is 13.1. The van der Waals surface area contributed by atoms with Gasteiger partial charge in [0.2, 0.25) is 0 Å². The van der Waals surface area contributed by atoms with E-state index in [9.17, 15) is 4.39 Å². The van der Waals surface area contributed by atoms with E-state index in [4.69, 9.17) is 0 Å². The van der Waals surface area contributed by atoms with Crippen LogP contribution in [0.3, 0.4) is 0 Å². The third-order valence-electron chi connectivity index (χ3n) is 2.34. The molecule has 0 saturated heterocycles. The van der Waals surface area contributed by atoms with E-state index >= 15 is 0 Å². The molecule has 0 spiro atoms. The van der Waals surface area contributed by atoms with Crippen LogP contribution < -0.4 is 5.32 Å². The lowest BCUT2D eigenvalue weighted by atomic mass is 10.2. The van der Waals surface area contributed by atoms with Gasteiger partial charge >= 0.3 is 0 Å². The fourth-order valence-electron chi connectivity index (χ4n) is 1.52. The van der Waals surface area contributed by atoms with E-state index in [1.165, 1.54) is 6.07 Å². The van der Waals surface area contributed by atoms with E-state index in [1.54, 1.807) is 23.5 Å². The first-order valence-electron chi connectivity index (χ1n) is 5.02. The number of hydrogen-bond donors (Lipinski definition) is 1. The Labute approximate surface area is 120 Å². The molecule has 1 aromatic carbocycles. The van der Waals surface area contributed by atoms with Gasteiger partial charge in [-0.2, -0.15) is 0 Å². The van der Waals surface area contributed by atoms with Crippen LogP contribution in [0, 0.1) is 5.82 Å². The number of halogens is 3. The molecule has 17 heavy (non-hydrogen) atoms. The van der Waals surface area contributed by atoms with Crippen molar-refractivity contribution in [2.24, 2.45) is 0 Å². The van der Waals surface area contributed by atoms with Gasteiger partial charge in [0.25, 0.3) is 0 Å². The Hall–Kier alpha value is -0.390. The van der Waals surface area contributed by atoms with Gasteiger partial charge in [0, 0.05) is 13.8 Å². The molecule has 1 nitrogen and oxygen atoms in total. The lowest BCUT2D eigenvalue weighted by molar-refractivity contribution is 0.627. The maximum absolute atomic E-state index is 13.6. The minimum Gasteiger partial charge on any atom is -0.375 e. The van der Waals surface area contributed by atoms with Crippen LogP contribution in [-0.2, 0) is 0 Å². The van der Waals surface area contributed by atoms with Crippen LogP contribution in [0.25, 0.3) is 0 Å². The maximum atomic E-state index is 13.6. The molecule has 1 unspecified atom stereocenters. The average molecular weight is 379 g/mol. The quantitative estimate of drug-likeness (QED) is 0.734. The Morgan fingerprint density at radius 3 is 2.71 bits per heavy atom. The third-order valence-corrected chi connectivity index (χ3v) is 4.89. The lowest BCUT2D eigenvalue weighted by Crippen LogP contribution is -2.06. The minimum absolute atomic E-state index is 0.0631. The summed E-state index contributed by atoms with van der Waals surface area (Å²) in [6, 6.07) is 6.94. The van der Waals surface area contributed by atoms with Crippen LogP contribution in [0.5, 0.6) is 0 Å². The van der Waals surface area contributed by atoms with Crippen molar-refractivity contribution in [1.82, 2.24) is 0 Å². The van der Waals surface area contributed by atoms with Crippen molar-refractivity contribution in [3.05, 3.63) is 49.3 Å². The molecule has 0 aliphatic rings. The summed E-state index contributed by atoms with van der Waals surface area (Å²) in [6.45, 7) is 2.01. The van der Waals surface area contributed by atoms with Gasteiger partial charge in [0.05, 0.1) is 11.7 Å². The fraction of sp³-hybridized carbons (Fsp3) is 0.167. The molecular formula is C12H10Br2FNS. The number of benzene rings is 1. The maximum Gasteiger partial charge on any atom is 0.146 e. The molecule has 5 heteroatoms. The molecule has 0 aliphatic carbocycles. The molecule has 0 amide bonds. The van der Waals surface area contributed by atoms with E-state index in [1.807, 2.05) is 18.4 Å². The largest absolute Gasteiger partial charge is 0.375 e. The van der Waals surface area contributed by atoms with Crippen molar-refractivity contribution >= 4 is 48.9 Å². The summed E-state index contributed by atoms with van der Waals surface area (Å²) in [4.78, 5) is 1.16. The molecular weight excluding hydrogens is 369 g/mol. The predicted molar refractivity (Wildman–Crippen MR) is 78.2 cm³/mol. The molecule has 0 fully saturated rings. The van der Waals surface area contributed by atoms with Crippen molar-refractivity contribution < 1.29 is 4.39 Å². The molecule has 0 radical (unpaired) electrons. The van der Waals surface area contributed by atoms with Gasteiger partial charge in [-0.25, -0.2) is 4.39 Å². The van der Waals surface area contributed by atoms with Gasteiger partial charge in [-0.05, 0) is 52.5 Å². The van der Waals surface area contributed by atoms with Gasteiger partial charge in [-0.3, -0.25) is 0 Å². The van der Waals surface area contributed by atoms with Gasteiger partial charge in [-0.1, -0.05) is 15.9 Å². The predicted octanol–water partition coefficient (Wildman–Crippen LogP) is 5.59. The van der Waals surface area contributed by atoms with Crippen molar-refractivity contribution in [2.45, 2.75) is 13.0 Å². The zero-order chi connectivity index (χ0) is 12.4. The molecule has 0 saturated carbocycles. The minimum atomic E-state index is -0.243. The van der Waals surface area contributed by atoms with Crippen LogP contribution in [0.4, 0.5) is 10.1 Å². The summed E-state index contributed by atoms with van der Waals surface area (Å²) in [5.41, 5.74) is 0.507. The van der Waals surface area contributed by atoms with Gasteiger partial charge in [0.15, 0.2) is 0 Å². The lowest BCUT2D eigenvalue weighted by Gasteiger charge is -2.15. The Morgan fingerprint density at radius 1 is 1.29 bits per heavy atom. The molecule has 1 atom stereocenters. The standard InChI is InChI=1S/C12H10Br2FNS/c1-7(12-9(14)4-5-17-12)16-11-6-8(13)2-3-10(11)15/h2-7,16H,1H3. The molecule has 1 heterocycles. The summed E-state index contributed by atoms with van der Waals surface area (Å²) in [5.74, 6) is -0.243. The monoisotopic (exact) mass is 377 g/mol. The molecule has 2 rings (SSSR count). The van der Waals surface area contributed by atoms with Crippen LogP contribution in [0.2, 0.25) is 0 Å². The normalized spacial score (nSPS) is 12.5. The number of rotatable bonds is 3. The van der Waals surface area contributed by atoms with Gasteiger partial charge < -0.3 is 5.32 Å². The van der Waals surface area contributed by atoms with Crippen LogP contribution in [0.1, 0.15) is 17.8 Å². The number of thiophene rings is 1. The van der Waals surface area contributed by atoms with E-state index in [0.717, 1.165) is 13.8 Å². The highest BCUT2D eigenvalue weighted by Gasteiger charge is 2.12. The molecule has 0 bridgehead atoms. The first-order valence-corrected chi connectivity index (χ1v) is 7.49. The van der Waals surface area contributed by atoms with Crippen LogP contribution in [0.15, 0.2) is 38.6 Å². The topological polar surface area (TPSA) is 12.0 Å². The fourth-order valence-corrected chi connectivity index (χ4v) is 3.61. The van der Waals surface area contributed by atoms with E-state index in [0.29, 0.717) is 5.69 Å². The SMILES string of the molecule is CC(Nc1cc(Br)ccc1F)c1sccc1Br. The Balaban J connectivity index is 2.21. The highest BCUT2D eigenvalue weighted by Crippen LogP contribution is 2.32. The average Bonchev–Trinajstić information content (AvgIpc) is 2.70. The molecule has 90 valence electrons.